The number of carboxylic acids is 1. The maximum absolute atomic E-state index is 12.8. The summed E-state index contributed by atoms with van der Waals surface area (Å²) in [6, 6.07) is 5.08. The van der Waals surface area contributed by atoms with Crippen LogP contribution < -0.4 is 10.6 Å². The lowest BCUT2D eigenvalue weighted by molar-refractivity contribution is -0.138. The van der Waals surface area contributed by atoms with Gasteiger partial charge < -0.3 is 15.7 Å². The highest BCUT2D eigenvalue weighted by molar-refractivity contribution is 7.13. The lowest BCUT2D eigenvalue weighted by Gasteiger charge is -2.15. The molecule has 3 N–H and O–H groups in total. The molecular weight excluding hydrogens is 281 g/mol. The van der Waals surface area contributed by atoms with Gasteiger partial charge in [-0.3, -0.25) is 4.79 Å². The number of anilines is 1. The minimum absolute atomic E-state index is 0.277. The summed E-state index contributed by atoms with van der Waals surface area (Å²) in [7, 11) is 1.83. The van der Waals surface area contributed by atoms with Crippen LogP contribution in [0.4, 0.5) is 9.52 Å². The Morgan fingerprint density at radius 1 is 1.50 bits per heavy atom. The monoisotopic (exact) mass is 295 g/mol. The van der Waals surface area contributed by atoms with Crippen LogP contribution in [0.15, 0.2) is 29.6 Å². The third-order valence-electron chi connectivity index (χ3n) is 2.75. The minimum Gasteiger partial charge on any atom is -0.480 e. The van der Waals surface area contributed by atoms with Gasteiger partial charge in [0.15, 0.2) is 5.13 Å². The molecule has 0 spiro atoms. The summed E-state index contributed by atoms with van der Waals surface area (Å²) < 4.78 is 12.8. The van der Waals surface area contributed by atoms with Crippen LogP contribution in [-0.4, -0.2) is 23.1 Å². The molecule has 0 fully saturated rings. The van der Waals surface area contributed by atoms with Crippen molar-refractivity contribution in [1.29, 1.82) is 0 Å². The van der Waals surface area contributed by atoms with Crippen molar-refractivity contribution < 1.29 is 14.3 Å². The number of carbonyl (C=O) groups is 1. The summed E-state index contributed by atoms with van der Waals surface area (Å²) in [4.78, 5) is 16.9. The number of carboxylic acid groups (broad SMARTS) is 1. The highest BCUT2D eigenvalue weighted by atomic mass is 32.1. The van der Waals surface area contributed by atoms with Crippen LogP contribution in [0.3, 0.4) is 0 Å². The SMILES string of the molecule is CN(Cc1ccc(F)cc1)c1nc(C(N)C(=O)O)cs1. The van der Waals surface area contributed by atoms with Crippen molar-refractivity contribution in [2.75, 3.05) is 11.9 Å². The molecule has 1 atom stereocenters. The Kier molecular flexibility index (Phi) is 4.31. The van der Waals surface area contributed by atoms with Crippen LogP contribution in [0.1, 0.15) is 17.3 Å². The van der Waals surface area contributed by atoms with Gasteiger partial charge in [0.05, 0.1) is 5.69 Å². The molecule has 0 radical (unpaired) electrons. The number of benzene rings is 1. The number of nitrogens with two attached hydrogens (primary N) is 1. The zero-order valence-electron chi connectivity index (χ0n) is 10.8. The molecular formula is C13H14FN3O2S. The summed E-state index contributed by atoms with van der Waals surface area (Å²) >= 11 is 1.32. The second-order valence-electron chi connectivity index (χ2n) is 4.35. The van der Waals surface area contributed by atoms with Crippen LogP contribution in [0.2, 0.25) is 0 Å². The molecule has 0 amide bonds. The van der Waals surface area contributed by atoms with E-state index in [1.165, 1.54) is 23.5 Å². The van der Waals surface area contributed by atoms with Crippen LogP contribution in [-0.2, 0) is 11.3 Å². The molecule has 1 unspecified atom stereocenters. The number of aliphatic carboxylic acids is 1. The number of halogens is 1. The van der Waals surface area contributed by atoms with Crippen LogP contribution in [0.25, 0.3) is 0 Å². The Morgan fingerprint density at radius 2 is 2.15 bits per heavy atom. The summed E-state index contributed by atoms with van der Waals surface area (Å²) in [6.45, 7) is 0.551. The molecule has 7 heteroatoms. The summed E-state index contributed by atoms with van der Waals surface area (Å²) in [6.07, 6.45) is 0. The fourth-order valence-electron chi connectivity index (χ4n) is 1.65. The molecule has 0 saturated carbocycles. The average Bonchev–Trinajstić information content (AvgIpc) is 2.90. The molecule has 0 aliphatic rings. The van der Waals surface area contributed by atoms with Gasteiger partial charge in [-0.15, -0.1) is 11.3 Å². The molecule has 1 aromatic carbocycles. The first-order valence-electron chi connectivity index (χ1n) is 5.87. The number of rotatable bonds is 5. The summed E-state index contributed by atoms with van der Waals surface area (Å²) in [5.74, 6) is -1.39. The predicted octanol–water partition coefficient (Wildman–Crippen LogP) is 2.00. The molecule has 106 valence electrons. The molecule has 2 rings (SSSR count). The summed E-state index contributed by atoms with van der Waals surface area (Å²) in [5.41, 5.74) is 6.78. The zero-order chi connectivity index (χ0) is 14.7. The third-order valence-corrected chi connectivity index (χ3v) is 3.73. The predicted molar refractivity (Wildman–Crippen MR) is 75.2 cm³/mol. The van der Waals surface area contributed by atoms with E-state index in [9.17, 15) is 9.18 Å². The second-order valence-corrected chi connectivity index (χ2v) is 5.19. The standard InChI is InChI=1S/C13H14FN3O2S/c1-17(6-8-2-4-9(14)5-3-8)13-16-10(7-20-13)11(15)12(18)19/h2-5,7,11H,6,15H2,1H3,(H,18,19). The molecule has 1 heterocycles. The van der Waals surface area contributed by atoms with Crippen molar-refractivity contribution in [3.05, 3.63) is 46.7 Å². The van der Waals surface area contributed by atoms with Crippen LogP contribution in [0, 0.1) is 5.82 Å². The van der Waals surface area contributed by atoms with Crippen molar-refractivity contribution in [1.82, 2.24) is 4.98 Å². The van der Waals surface area contributed by atoms with Gasteiger partial charge >= 0.3 is 5.97 Å². The Bertz CT molecular complexity index is 600. The molecule has 20 heavy (non-hydrogen) atoms. The number of hydrogen-bond donors (Lipinski definition) is 2. The highest BCUT2D eigenvalue weighted by Gasteiger charge is 2.18. The molecule has 0 aliphatic heterocycles. The Hall–Kier alpha value is -1.99. The van der Waals surface area contributed by atoms with E-state index in [2.05, 4.69) is 4.98 Å². The first-order valence-corrected chi connectivity index (χ1v) is 6.74. The van der Waals surface area contributed by atoms with Crippen molar-refractivity contribution >= 4 is 22.4 Å². The third kappa shape index (κ3) is 3.31. The van der Waals surface area contributed by atoms with E-state index in [1.807, 2.05) is 11.9 Å². The van der Waals surface area contributed by atoms with Gasteiger partial charge in [0, 0.05) is 19.0 Å². The van der Waals surface area contributed by atoms with Gasteiger partial charge in [-0.1, -0.05) is 12.1 Å². The molecule has 1 aromatic heterocycles. The lowest BCUT2D eigenvalue weighted by atomic mass is 10.2. The topological polar surface area (TPSA) is 79.5 Å². The van der Waals surface area contributed by atoms with Crippen molar-refractivity contribution in [2.24, 2.45) is 5.73 Å². The number of hydrogen-bond acceptors (Lipinski definition) is 5. The molecule has 0 bridgehead atoms. The summed E-state index contributed by atoms with van der Waals surface area (Å²) in [5, 5.41) is 11.1. The van der Waals surface area contributed by atoms with Gasteiger partial charge in [-0.25, -0.2) is 9.37 Å². The lowest BCUT2D eigenvalue weighted by Crippen LogP contribution is -2.21. The molecule has 2 aromatic rings. The van der Waals surface area contributed by atoms with E-state index in [0.29, 0.717) is 17.4 Å². The van der Waals surface area contributed by atoms with E-state index < -0.39 is 12.0 Å². The normalized spacial score (nSPS) is 12.2. The van der Waals surface area contributed by atoms with Crippen LogP contribution in [0.5, 0.6) is 0 Å². The average molecular weight is 295 g/mol. The highest BCUT2D eigenvalue weighted by Crippen LogP contribution is 2.23. The van der Waals surface area contributed by atoms with Gasteiger partial charge in [-0.05, 0) is 17.7 Å². The van der Waals surface area contributed by atoms with Crippen LogP contribution >= 0.6 is 11.3 Å². The van der Waals surface area contributed by atoms with E-state index in [4.69, 9.17) is 10.8 Å². The number of nitrogens with zero attached hydrogens (tertiary/aromatic N) is 2. The largest absolute Gasteiger partial charge is 0.480 e. The van der Waals surface area contributed by atoms with E-state index in [-0.39, 0.29) is 5.82 Å². The molecule has 0 aliphatic carbocycles. The Morgan fingerprint density at radius 3 is 2.75 bits per heavy atom. The molecule has 5 nitrogen and oxygen atoms in total. The Balaban J connectivity index is 2.08. The Labute approximate surface area is 119 Å². The maximum Gasteiger partial charge on any atom is 0.326 e. The number of thiazole rings is 1. The van der Waals surface area contributed by atoms with Gasteiger partial charge in [0.2, 0.25) is 0 Å². The van der Waals surface area contributed by atoms with Gasteiger partial charge in [0.25, 0.3) is 0 Å². The van der Waals surface area contributed by atoms with E-state index in [1.54, 1.807) is 17.5 Å². The van der Waals surface area contributed by atoms with Gasteiger partial charge in [0.1, 0.15) is 11.9 Å². The van der Waals surface area contributed by atoms with Crippen molar-refractivity contribution in [2.45, 2.75) is 12.6 Å². The van der Waals surface area contributed by atoms with Crippen molar-refractivity contribution in [3.8, 4) is 0 Å². The smallest absolute Gasteiger partial charge is 0.326 e. The van der Waals surface area contributed by atoms with E-state index >= 15 is 0 Å². The minimum atomic E-state index is -1.11. The van der Waals surface area contributed by atoms with Crippen molar-refractivity contribution in [3.63, 3.8) is 0 Å². The molecule has 0 saturated heterocycles. The fourth-order valence-corrected chi connectivity index (χ4v) is 2.48. The zero-order valence-corrected chi connectivity index (χ0v) is 11.6. The first kappa shape index (κ1) is 14.4. The van der Waals surface area contributed by atoms with Gasteiger partial charge in [-0.2, -0.15) is 0 Å². The quantitative estimate of drug-likeness (QED) is 0.882. The second kappa shape index (κ2) is 5.98. The maximum atomic E-state index is 12.8. The fraction of sp³-hybridized carbons (Fsp3) is 0.231. The van der Waals surface area contributed by atoms with E-state index in [0.717, 1.165) is 5.56 Å². The number of aromatic nitrogens is 1. The first-order chi connectivity index (χ1) is 9.47.